The van der Waals surface area contributed by atoms with Crippen molar-refractivity contribution in [3.63, 3.8) is 0 Å². The number of likely N-dealkylation sites (N-methyl/N-ethyl adjacent to an activating group) is 1. The fourth-order valence-electron chi connectivity index (χ4n) is 3.68. The van der Waals surface area contributed by atoms with E-state index in [1.807, 2.05) is 0 Å². The van der Waals surface area contributed by atoms with Crippen molar-refractivity contribution in [2.24, 2.45) is 5.92 Å². The van der Waals surface area contributed by atoms with E-state index in [-0.39, 0.29) is 6.10 Å². The lowest BCUT2D eigenvalue weighted by Gasteiger charge is -2.22. The maximum absolute atomic E-state index is 5.63. The van der Waals surface area contributed by atoms with Gasteiger partial charge in [-0.2, -0.15) is 4.98 Å². The topological polar surface area (TPSA) is 60.2 Å². The highest BCUT2D eigenvalue weighted by Crippen LogP contribution is 2.29. The van der Waals surface area contributed by atoms with Crippen molar-refractivity contribution < 1.29 is 9.26 Å². The Kier molecular flexibility index (Phi) is 5.25. The van der Waals surface area contributed by atoms with E-state index in [2.05, 4.69) is 22.4 Å². The molecule has 0 bridgehead atoms. The fourth-order valence-corrected chi connectivity index (χ4v) is 3.68. The number of nitrogens with one attached hydrogen (secondary N) is 1. The molecule has 1 saturated heterocycles. The SMILES string of the molecule is CCNC(Cc1nc(CC2CCCO2)no1)C1CCCC1. The summed E-state index contributed by atoms with van der Waals surface area (Å²) in [7, 11) is 0. The summed E-state index contributed by atoms with van der Waals surface area (Å²) in [6.07, 6.45) is 9.58. The van der Waals surface area contributed by atoms with E-state index in [0.717, 1.165) is 56.5 Å². The van der Waals surface area contributed by atoms with Crippen molar-refractivity contribution in [2.45, 2.75) is 70.4 Å². The molecule has 118 valence electrons. The van der Waals surface area contributed by atoms with Gasteiger partial charge in [-0.15, -0.1) is 0 Å². The predicted molar refractivity (Wildman–Crippen MR) is 80.1 cm³/mol. The molecule has 1 N–H and O–H groups in total. The van der Waals surface area contributed by atoms with Crippen molar-refractivity contribution >= 4 is 0 Å². The molecule has 0 amide bonds. The molecule has 1 aliphatic heterocycles. The van der Waals surface area contributed by atoms with Gasteiger partial charge in [-0.25, -0.2) is 0 Å². The van der Waals surface area contributed by atoms with Crippen LogP contribution in [0.4, 0.5) is 0 Å². The van der Waals surface area contributed by atoms with Crippen molar-refractivity contribution in [1.82, 2.24) is 15.5 Å². The number of aromatic nitrogens is 2. The lowest BCUT2D eigenvalue weighted by atomic mass is 9.95. The Morgan fingerprint density at radius 2 is 2.10 bits per heavy atom. The largest absolute Gasteiger partial charge is 0.378 e. The summed E-state index contributed by atoms with van der Waals surface area (Å²) in [5.41, 5.74) is 0. The van der Waals surface area contributed by atoms with E-state index in [0.29, 0.717) is 6.04 Å². The maximum atomic E-state index is 5.63. The van der Waals surface area contributed by atoms with E-state index in [1.54, 1.807) is 0 Å². The molecule has 5 nitrogen and oxygen atoms in total. The first-order valence-corrected chi connectivity index (χ1v) is 8.51. The highest BCUT2D eigenvalue weighted by molar-refractivity contribution is 4.94. The van der Waals surface area contributed by atoms with Crippen LogP contribution in [0.2, 0.25) is 0 Å². The van der Waals surface area contributed by atoms with Crippen LogP contribution in [0.25, 0.3) is 0 Å². The smallest absolute Gasteiger partial charge is 0.228 e. The fraction of sp³-hybridized carbons (Fsp3) is 0.875. The summed E-state index contributed by atoms with van der Waals surface area (Å²) in [4.78, 5) is 4.57. The number of hydrogen-bond donors (Lipinski definition) is 1. The summed E-state index contributed by atoms with van der Waals surface area (Å²) in [5, 5.41) is 7.73. The average molecular weight is 293 g/mol. The lowest BCUT2D eigenvalue weighted by Crippen LogP contribution is -2.37. The van der Waals surface area contributed by atoms with Gasteiger partial charge in [0.2, 0.25) is 5.89 Å². The summed E-state index contributed by atoms with van der Waals surface area (Å²) < 4.78 is 11.1. The molecule has 0 spiro atoms. The van der Waals surface area contributed by atoms with E-state index in [1.165, 1.54) is 25.7 Å². The molecule has 2 heterocycles. The van der Waals surface area contributed by atoms with E-state index in [4.69, 9.17) is 9.26 Å². The Morgan fingerprint density at radius 1 is 1.24 bits per heavy atom. The molecule has 0 aromatic carbocycles. The van der Waals surface area contributed by atoms with Crippen LogP contribution in [0.3, 0.4) is 0 Å². The molecule has 1 aromatic rings. The van der Waals surface area contributed by atoms with Gasteiger partial charge in [0.05, 0.1) is 6.10 Å². The Morgan fingerprint density at radius 3 is 2.81 bits per heavy atom. The normalized spacial score (nSPS) is 24.7. The molecular weight excluding hydrogens is 266 g/mol. The molecule has 2 aliphatic rings. The van der Waals surface area contributed by atoms with Crippen molar-refractivity contribution in [2.75, 3.05) is 13.2 Å². The third-order valence-corrected chi connectivity index (χ3v) is 4.77. The Labute approximate surface area is 126 Å². The Hall–Kier alpha value is -0.940. The number of rotatable bonds is 7. The first kappa shape index (κ1) is 15.0. The zero-order valence-corrected chi connectivity index (χ0v) is 13.0. The summed E-state index contributed by atoms with van der Waals surface area (Å²) in [6.45, 7) is 4.04. The third-order valence-electron chi connectivity index (χ3n) is 4.77. The molecule has 1 saturated carbocycles. The van der Waals surface area contributed by atoms with Crippen LogP contribution in [0.5, 0.6) is 0 Å². The van der Waals surface area contributed by atoms with Gasteiger partial charge in [-0.3, -0.25) is 0 Å². The van der Waals surface area contributed by atoms with E-state index in [9.17, 15) is 0 Å². The second-order valence-corrected chi connectivity index (χ2v) is 6.36. The van der Waals surface area contributed by atoms with Crippen molar-refractivity contribution in [1.29, 1.82) is 0 Å². The van der Waals surface area contributed by atoms with E-state index < -0.39 is 0 Å². The minimum absolute atomic E-state index is 0.287. The van der Waals surface area contributed by atoms with Crippen molar-refractivity contribution in [3.8, 4) is 0 Å². The number of nitrogens with zero attached hydrogens (tertiary/aromatic N) is 2. The quantitative estimate of drug-likeness (QED) is 0.837. The third kappa shape index (κ3) is 4.04. The second-order valence-electron chi connectivity index (χ2n) is 6.36. The minimum atomic E-state index is 0.287. The first-order chi connectivity index (χ1) is 10.3. The van der Waals surface area contributed by atoms with Crippen LogP contribution in [0.15, 0.2) is 4.52 Å². The standard InChI is InChI=1S/C16H27N3O2/c1-2-17-14(12-6-3-4-7-12)11-16-18-15(19-21-16)10-13-8-5-9-20-13/h12-14,17H,2-11H2,1H3. The van der Waals surface area contributed by atoms with Gasteiger partial charge in [0.15, 0.2) is 5.82 Å². The second kappa shape index (κ2) is 7.36. The molecule has 2 atom stereocenters. The molecule has 5 heteroatoms. The van der Waals surface area contributed by atoms with Gasteiger partial charge in [0, 0.05) is 25.5 Å². The van der Waals surface area contributed by atoms with Crippen LogP contribution >= 0.6 is 0 Å². The monoisotopic (exact) mass is 293 g/mol. The zero-order valence-electron chi connectivity index (χ0n) is 13.0. The molecule has 0 radical (unpaired) electrons. The average Bonchev–Trinajstić information content (AvgIpc) is 3.21. The van der Waals surface area contributed by atoms with Crippen LogP contribution in [0.1, 0.15) is 57.2 Å². The number of ether oxygens (including phenoxy) is 1. The maximum Gasteiger partial charge on any atom is 0.228 e. The zero-order chi connectivity index (χ0) is 14.5. The van der Waals surface area contributed by atoms with Gasteiger partial charge in [0.1, 0.15) is 0 Å². The number of hydrogen-bond acceptors (Lipinski definition) is 5. The molecule has 21 heavy (non-hydrogen) atoms. The van der Waals surface area contributed by atoms with Crippen LogP contribution in [0, 0.1) is 5.92 Å². The minimum Gasteiger partial charge on any atom is -0.378 e. The molecule has 2 unspecified atom stereocenters. The molecule has 3 rings (SSSR count). The van der Waals surface area contributed by atoms with Gasteiger partial charge < -0.3 is 14.6 Å². The van der Waals surface area contributed by atoms with Gasteiger partial charge >= 0.3 is 0 Å². The lowest BCUT2D eigenvalue weighted by molar-refractivity contribution is 0.109. The highest BCUT2D eigenvalue weighted by atomic mass is 16.5. The Bertz CT molecular complexity index is 423. The van der Waals surface area contributed by atoms with Crippen LogP contribution in [-0.4, -0.2) is 35.4 Å². The summed E-state index contributed by atoms with van der Waals surface area (Å²) >= 11 is 0. The molecule has 2 fully saturated rings. The highest BCUT2D eigenvalue weighted by Gasteiger charge is 2.26. The summed E-state index contributed by atoms with van der Waals surface area (Å²) in [5.74, 6) is 2.35. The van der Waals surface area contributed by atoms with E-state index >= 15 is 0 Å². The first-order valence-electron chi connectivity index (χ1n) is 8.51. The Balaban J connectivity index is 1.56. The summed E-state index contributed by atoms with van der Waals surface area (Å²) in [6, 6.07) is 0.480. The molecule has 1 aromatic heterocycles. The van der Waals surface area contributed by atoms with Crippen LogP contribution in [-0.2, 0) is 17.6 Å². The van der Waals surface area contributed by atoms with Crippen molar-refractivity contribution in [3.05, 3.63) is 11.7 Å². The molecular formula is C16H27N3O2. The molecule has 1 aliphatic carbocycles. The van der Waals surface area contributed by atoms with Gasteiger partial charge in [-0.1, -0.05) is 24.9 Å². The van der Waals surface area contributed by atoms with Crippen LogP contribution < -0.4 is 5.32 Å². The predicted octanol–water partition coefficient (Wildman–Crippen LogP) is 2.50. The van der Waals surface area contributed by atoms with Gasteiger partial charge in [0.25, 0.3) is 0 Å². The van der Waals surface area contributed by atoms with Gasteiger partial charge in [-0.05, 0) is 38.1 Å².